The topological polar surface area (TPSA) is 45.7 Å². The molecule has 0 amide bonds. The highest BCUT2D eigenvalue weighted by molar-refractivity contribution is 9.10. The number of ether oxygens (including phenoxy) is 1. The van der Waals surface area contributed by atoms with Gasteiger partial charge in [-0.05, 0) is 34.1 Å². The average molecular weight is 382 g/mol. The molecule has 0 bridgehead atoms. The molecule has 0 N–H and O–H groups in total. The van der Waals surface area contributed by atoms with E-state index in [1.807, 2.05) is 12.1 Å². The van der Waals surface area contributed by atoms with Gasteiger partial charge in [0, 0.05) is 37.6 Å². The molecule has 0 atom stereocenters. The van der Waals surface area contributed by atoms with Crippen LogP contribution in [0.25, 0.3) is 10.9 Å². The lowest BCUT2D eigenvalue weighted by Gasteiger charge is -2.34. The largest absolute Gasteiger partial charge is 0.468 e. The number of anilines is 1. The van der Waals surface area contributed by atoms with Crippen molar-refractivity contribution in [2.24, 2.45) is 0 Å². The summed E-state index contributed by atoms with van der Waals surface area (Å²) in [6.45, 7) is 3.39. The van der Waals surface area contributed by atoms with Gasteiger partial charge in [0.25, 0.3) is 0 Å². The molecule has 7 heteroatoms. The number of hydrogen-bond donors (Lipinski definition) is 0. The molecule has 1 aliphatic heterocycles. The molecule has 23 heavy (non-hydrogen) atoms. The van der Waals surface area contributed by atoms with E-state index < -0.39 is 0 Å². The summed E-state index contributed by atoms with van der Waals surface area (Å²) in [5.41, 5.74) is 0.639. The molecule has 2 aromatic rings. The van der Waals surface area contributed by atoms with Gasteiger partial charge in [-0.25, -0.2) is 9.37 Å². The monoisotopic (exact) mass is 381 g/mol. The number of carbonyl (C=O) groups excluding carboxylic acids is 1. The minimum absolute atomic E-state index is 0.219. The highest BCUT2D eigenvalue weighted by atomic mass is 79.9. The van der Waals surface area contributed by atoms with Crippen molar-refractivity contribution in [2.75, 3.05) is 44.7 Å². The van der Waals surface area contributed by atoms with Crippen molar-refractivity contribution < 1.29 is 13.9 Å². The van der Waals surface area contributed by atoms with Gasteiger partial charge < -0.3 is 9.64 Å². The van der Waals surface area contributed by atoms with Crippen molar-refractivity contribution in [3.05, 3.63) is 34.6 Å². The number of hydrogen-bond acceptors (Lipinski definition) is 5. The number of carbonyl (C=O) groups is 1. The Morgan fingerprint density at radius 2 is 2.04 bits per heavy atom. The van der Waals surface area contributed by atoms with E-state index in [-0.39, 0.29) is 11.8 Å². The summed E-state index contributed by atoms with van der Waals surface area (Å²) in [4.78, 5) is 20.1. The highest BCUT2D eigenvalue weighted by Crippen LogP contribution is 2.25. The van der Waals surface area contributed by atoms with Crippen molar-refractivity contribution in [1.82, 2.24) is 9.88 Å². The third kappa shape index (κ3) is 3.61. The van der Waals surface area contributed by atoms with Crippen LogP contribution in [0.15, 0.2) is 28.7 Å². The number of benzene rings is 1. The Morgan fingerprint density at radius 3 is 2.74 bits per heavy atom. The van der Waals surface area contributed by atoms with Crippen LogP contribution in [-0.4, -0.2) is 55.7 Å². The summed E-state index contributed by atoms with van der Waals surface area (Å²) >= 11 is 3.19. The van der Waals surface area contributed by atoms with E-state index in [1.165, 1.54) is 13.2 Å². The van der Waals surface area contributed by atoms with Crippen LogP contribution in [0, 0.1) is 5.82 Å². The van der Waals surface area contributed by atoms with Crippen molar-refractivity contribution >= 4 is 38.6 Å². The number of piperazine rings is 1. The summed E-state index contributed by atoms with van der Waals surface area (Å²) in [7, 11) is 1.40. The molecule has 1 saturated heterocycles. The van der Waals surface area contributed by atoms with Gasteiger partial charge in [-0.3, -0.25) is 9.69 Å². The molecule has 1 fully saturated rings. The van der Waals surface area contributed by atoms with Crippen molar-refractivity contribution in [2.45, 2.75) is 0 Å². The number of halogens is 2. The first kappa shape index (κ1) is 16.1. The zero-order valence-electron chi connectivity index (χ0n) is 12.8. The summed E-state index contributed by atoms with van der Waals surface area (Å²) < 4.78 is 18.8. The second-order valence-electron chi connectivity index (χ2n) is 5.47. The van der Waals surface area contributed by atoms with Crippen molar-refractivity contribution in [3.63, 3.8) is 0 Å². The predicted molar refractivity (Wildman–Crippen MR) is 90.1 cm³/mol. The molecule has 1 aromatic carbocycles. The lowest BCUT2D eigenvalue weighted by Crippen LogP contribution is -2.48. The first-order valence-electron chi connectivity index (χ1n) is 7.37. The molecular weight excluding hydrogens is 365 g/mol. The molecule has 2 heterocycles. The van der Waals surface area contributed by atoms with E-state index in [9.17, 15) is 9.18 Å². The summed E-state index contributed by atoms with van der Waals surface area (Å²) in [6, 6.07) is 7.07. The Hall–Kier alpha value is -1.73. The van der Waals surface area contributed by atoms with Crippen LogP contribution in [0.5, 0.6) is 0 Å². The molecule has 0 radical (unpaired) electrons. The minimum atomic E-state index is -0.315. The van der Waals surface area contributed by atoms with Gasteiger partial charge in [-0.2, -0.15) is 0 Å². The first-order chi connectivity index (χ1) is 11.1. The molecule has 0 spiro atoms. The molecule has 1 aromatic heterocycles. The predicted octanol–water partition coefficient (Wildman–Crippen LogP) is 2.43. The quantitative estimate of drug-likeness (QED) is 0.764. The van der Waals surface area contributed by atoms with Crippen LogP contribution < -0.4 is 4.90 Å². The number of aromatic nitrogens is 1. The van der Waals surface area contributed by atoms with E-state index in [4.69, 9.17) is 0 Å². The Balaban J connectivity index is 1.72. The fourth-order valence-electron chi connectivity index (χ4n) is 2.67. The standard InChI is InChI=1S/C16H17BrFN3O2/c1-23-16(22)10-20-4-6-21(7-5-20)15-3-2-11-8-12(17)13(18)9-14(11)19-15/h2-3,8-9H,4-7,10H2,1H3. The Kier molecular flexibility index (Phi) is 4.77. The molecular formula is C16H17BrFN3O2. The van der Waals surface area contributed by atoms with E-state index in [0.29, 0.717) is 16.5 Å². The molecule has 0 aliphatic carbocycles. The van der Waals surface area contributed by atoms with Gasteiger partial charge in [0.05, 0.1) is 23.6 Å². The molecule has 5 nitrogen and oxygen atoms in total. The van der Waals surface area contributed by atoms with Crippen LogP contribution in [0.1, 0.15) is 0 Å². The van der Waals surface area contributed by atoms with Crippen LogP contribution in [0.4, 0.5) is 10.2 Å². The third-order valence-corrected chi connectivity index (χ3v) is 4.60. The number of nitrogens with zero attached hydrogens (tertiary/aromatic N) is 3. The van der Waals surface area contributed by atoms with Gasteiger partial charge >= 0.3 is 5.97 Å². The zero-order valence-corrected chi connectivity index (χ0v) is 14.3. The van der Waals surface area contributed by atoms with Crippen molar-refractivity contribution in [1.29, 1.82) is 0 Å². The second kappa shape index (κ2) is 6.80. The fraction of sp³-hybridized carbons (Fsp3) is 0.375. The molecule has 0 saturated carbocycles. The number of esters is 1. The number of rotatable bonds is 3. The SMILES string of the molecule is COC(=O)CN1CCN(c2ccc3cc(Br)c(F)cc3n2)CC1. The van der Waals surface area contributed by atoms with Gasteiger partial charge in [-0.15, -0.1) is 0 Å². The number of fused-ring (bicyclic) bond motifs is 1. The lowest BCUT2D eigenvalue weighted by molar-refractivity contribution is -0.142. The normalized spacial score (nSPS) is 15.9. The molecule has 0 unspecified atom stereocenters. The second-order valence-corrected chi connectivity index (χ2v) is 6.32. The highest BCUT2D eigenvalue weighted by Gasteiger charge is 2.20. The van der Waals surface area contributed by atoms with E-state index >= 15 is 0 Å². The van der Waals surface area contributed by atoms with Gasteiger partial charge in [0.2, 0.25) is 0 Å². The first-order valence-corrected chi connectivity index (χ1v) is 8.16. The smallest absolute Gasteiger partial charge is 0.319 e. The van der Waals surface area contributed by atoms with Crippen LogP contribution in [-0.2, 0) is 9.53 Å². The Labute approximate surface area is 142 Å². The Morgan fingerprint density at radius 1 is 1.30 bits per heavy atom. The van der Waals surface area contributed by atoms with Crippen LogP contribution >= 0.6 is 15.9 Å². The summed E-state index contributed by atoms with van der Waals surface area (Å²) in [5.74, 6) is 0.297. The average Bonchev–Trinajstić information content (AvgIpc) is 2.56. The van der Waals surface area contributed by atoms with E-state index in [1.54, 1.807) is 6.07 Å². The maximum absolute atomic E-state index is 13.7. The van der Waals surface area contributed by atoms with Gasteiger partial charge in [0.15, 0.2) is 0 Å². The molecule has 1 aliphatic rings. The number of pyridine rings is 1. The third-order valence-electron chi connectivity index (χ3n) is 3.99. The lowest BCUT2D eigenvalue weighted by atomic mass is 10.2. The summed E-state index contributed by atoms with van der Waals surface area (Å²) in [5, 5.41) is 0.895. The van der Waals surface area contributed by atoms with Crippen molar-refractivity contribution in [3.8, 4) is 0 Å². The van der Waals surface area contributed by atoms with Gasteiger partial charge in [0.1, 0.15) is 11.6 Å². The maximum atomic E-state index is 13.7. The number of methoxy groups -OCH3 is 1. The van der Waals surface area contributed by atoms with E-state index in [0.717, 1.165) is 37.4 Å². The zero-order chi connectivity index (χ0) is 16.4. The van der Waals surface area contributed by atoms with Crippen LogP contribution in [0.3, 0.4) is 0 Å². The summed E-state index contributed by atoms with van der Waals surface area (Å²) in [6.07, 6.45) is 0. The minimum Gasteiger partial charge on any atom is -0.468 e. The fourth-order valence-corrected chi connectivity index (χ4v) is 3.03. The maximum Gasteiger partial charge on any atom is 0.319 e. The molecule has 3 rings (SSSR count). The molecule has 122 valence electrons. The van der Waals surface area contributed by atoms with Crippen LogP contribution in [0.2, 0.25) is 0 Å². The Bertz CT molecular complexity index is 733. The van der Waals surface area contributed by atoms with E-state index in [2.05, 4.69) is 35.5 Å². The van der Waals surface area contributed by atoms with Gasteiger partial charge in [-0.1, -0.05) is 0 Å².